The predicted molar refractivity (Wildman–Crippen MR) is 467 cm³/mol. The van der Waals surface area contributed by atoms with Crippen LogP contribution in [-0.2, 0) is 111 Å². The number of esters is 5. The molecule has 1 saturated heterocycles. The number of ether oxygens (including phenoxy) is 6. The number of benzene rings is 8. The van der Waals surface area contributed by atoms with E-state index in [0.717, 1.165) is 24.6 Å². The first-order valence-electron chi connectivity index (χ1n) is 42.5. The molecule has 0 spiro atoms. The number of aliphatic hydroxyl groups is 2. The van der Waals surface area contributed by atoms with Gasteiger partial charge in [0.25, 0.3) is 5.91 Å². The van der Waals surface area contributed by atoms with Crippen molar-refractivity contribution in [2.45, 2.75) is 197 Å². The smallest absolute Gasteiger partial charge is 0.455 e. The molecule has 129 heavy (non-hydrogen) atoms. The molecule has 8 aromatic rings. The fourth-order valence-corrected chi connectivity index (χ4v) is 18.2. The Labute approximate surface area is 744 Å². The van der Waals surface area contributed by atoms with Crippen LogP contribution >= 0.6 is 7.82 Å². The number of fused-ring (bicyclic) bond motifs is 6. The van der Waals surface area contributed by atoms with E-state index in [9.17, 15) is 72.5 Å². The first-order chi connectivity index (χ1) is 61.4. The zero-order valence-electron chi connectivity index (χ0n) is 72.2. The maximum atomic E-state index is 16.1. The first kappa shape index (κ1) is 95.2. The van der Waals surface area contributed by atoms with E-state index in [1.807, 2.05) is 42.5 Å². The molecular formula is C97H105N6O25P. The molecule has 12 rings (SSSR count). The molecular weight excluding hydrogens is 1680 g/mol. The van der Waals surface area contributed by atoms with Crippen LogP contribution in [0, 0.1) is 16.7 Å². The third-order valence-corrected chi connectivity index (χ3v) is 25.0. The number of unbranched alkanes of at least 4 members (excludes halogenated alkanes) is 1. The summed E-state index contributed by atoms with van der Waals surface area (Å²) >= 11 is 0. The van der Waals surface area contributed by atoms with Crippen LogP contribution in [-0.4, -0.2) is 182 Å². The molecule has 1 heterocycles. The molecule has 8 aromatic carbocycles. The van der Waals surface area contributed by atoms with Gasteiger partial charge in [-0.05, 0) is 133 Å². The van der Waals surface area contributed by atoms with Gasteiger partial charge in [0.1, 0.15) is 53.8 Å². The normalized spacial score (nSPS) is 22.1. The van der Waals surface area contributed by atoms with Crippen molar-refractivity contribution in [3.8, 4) is 5.75 Å². The van der Waals surface area contributed by atoms with Gasteiger partial charge in [-0.25, -0.2) is 14.2 Å². The number of aliphatic hydroxyl groups excluding tert-OH is 1. The molecule has 2 bridgehead atoms. The minimum Gasteiger partial charge on any atom is -0.455 e. The standard InChI is InChI=1S/C97H105N6O25P/c1-57-75(55-97(118)87(126-92(116)68-36-21-12-22-37-68)85-95(7,76(107)54-77-96(85,56-122-77)127-60(4)106)86(111)83(123-59(3)105)81(57)94(97,5)6)124-93(117)84(82(66-32-17-10-18-33-66)103-88(112)67-34-19-11-20-35-67)125-80(110)47-46-78(108)98-48-26-25-39-71(89(113)101-72(58(2)104)50-63-41-44-70(45-42-63)128-129(119,120)121)100-91(115)74(52-62-29-15-9-16-30-62)102-90(114)73(51-61-27-13-8-14-28-61)99-79(109)53-64-40-43-65-31-23-24-38-69(65)49-64/h8-24,27-38,40-45,49,71-77,82-85,87,107,118H,25-26,39,46-48,50-56H2,1-7H3,(H,98,108)(H,99,109)(H,100,115)(H,101,113)(H,102,114)(H,103,112)(H2,119,120,121)/t71-,72-,73-,74-,75+,76+,77-,82+,83-,84-,85+,87+,95-,96+,97-/m0/s1. The van der Waals surface area contributed by atoms with Crippen molar-refractivity contribution in [3.63, 3.8) is 0 Å². The Kier molecular flexibility index (Phi) is 30.6. The second-order valence-corrected chi connectivity index (χ2v) is 34.9. The molecule has 0 radical (unpaired) electrons. The topological polar surface area (TPSA) is 457 Å². The van der Waals surface area contributed by atoms with Crippen molar-refractivity contribution in [2.75, 3.05) is 13.2 Å². The van der Waals surface area contributed by atoms with Gasteiger partial charge in [0.15, 0.2) is 23.3 Å². The van der Waals surface area contributed by atoms with Gasteiger partial charge in [-0.15, -0.1) is 0 Å². The highest BCUT2D eigenvalue weighted by atomic mass is 31.2. The second kappa shape index (κ2) is 41.5. The number of phosphoric ester groups is 1. The molecule has 32 heteroatoms. The summed E-state index contributed by atoms with van der Waals surface area (Å²) in [5, 5.41) is 45.4. The molecule has 2 saturated carbocycles. The van der Waals surface area contributed by atoms with Crippen molar-refractivity contribution in [1.29, 1.82) is 0 Å². The summed E-state index contributed by atoms with van der Waals surface area (Å²) in [6.07, 6.45) is -13.5. The Balaban J connectivity index is 0.793. The summed E-state index contributed by atoms with van der Waals surface area (Å²) < 4.78 is 53.7. The van der Waals surface area contributed by atoms with Gasteiger partial charge in [0, 0.05) is 63.5 Å². The molecule has 0 aromatic heterocycles. The number of ketones is 2. The summed E-state index contributed by atoms with van der Waals surface area (Å²) in [6, 6.07) is 52.5. The van der Waals surface area contributed by atoms with Gasteiger partial charge in [-0.1, -0.05) is 196 Å². The molecule has 678 valence electrons. The van der Waals surface area contributed by atoms with Crippen molar-refractivity contribution in [1.82, 2.24) is 31.9 Å². The van der Waals surface area contributed by atoms with Gasteiger partial charge in [-0.3, -0.25) is 62.5 Å². The third-order valence-electron chi connectivity index (χ3n) is 24.6. The number of phosphoric acid groups is 1. The Morgan fingerprint density at radius 3 is 1.68 bits per heavy atom. The van der Waals surface area contributed by atoms with Crippen LogP contribution in [0.15, 0.2) is 230 Å². The maximum absolute atomic E-state index is 16.1. The third kappa shape index (κ3) is 22.8. The number of Topliss-reactive ketones (excluding diaryl/α,β-unsaturated/α-hetero) is 2. The Bertz CT molecular complexity index is 5550. The van der Waals surface area contributed by atoms with Crippen LogP contribution in [0.1, 0.15) is 148 Å². The average molecular weight is 1790 g/mol. The Morgan fingerprint density at radius 2 is 1.10 bits per heavy atom. The maximum Gasteiger partial charge on any atom is 0.524 e. The highest BCUT2D eigenvalue weighted by Crippen LogP contribution is 2.65. The average Bonchev–Trinajstić information content (AvgIpc) is 0.666. The highest BCUT2D eigenvalue weighted by molar-refractivity contribution is 7.46. The van der Waals surface area contributed by atoms with E-state index in [1.54, 1.807) is 115 Å². The largest absolute Gasteiger partial charge is 0.524 e. The number of nitrogens with one attached hydrogen (secondary N) is 6. The van der Waals surface area contributed by atoms with Crippen LogP contribution in [0.2, 0.25) is 0 Å². The second-order valence-electron chi connectivity index (χ2n) is 33.7. The molecule has 0 unspecified atom stereocenters. The number of amides is 6. The first-order valence-corrected chi connectivity index (χ1v) is 44.1. The van der Waals surface area contributed by atoms with Crippen LogP contribution in [0.5, 0.6) is 5.75 Å². The lowest BCUT2D eigenvalue weighted by molar-refractivity contribution is -0.346. The molecule has 31 nitrogen and oxygen atoms in total. The fraction of sp³-hybridized carbons (Fsp3) is 0.371. The monoisotopic (exact) mass is 1780 g/mol. The van der Waals surface area contributed by atoms with E-state index >= 15 is 14.4 Å². The van der Waals surface area contributed by atoms with E-state index in [2.05, 4.69) is 31.9 Å². The van der Waals surface area contributed by atoms with E-state index < -0.39 is 205 Å². The van der Waals surface area contributed by atoms with Gasteiger partial charge in [0.05, 0.1) is 48.5 Å². The Morgan fingerprint density at radius 1 is 0.566 bits per heavy atom. The molecule has 3 aliphatic carbocycles. The summed E-state index contributed by atoms with van der Waals surface area (Å²) in [5.74, 6) is -13.2. The quantitative estimate of drug-likeness (QED) is 0.00573. The zero-order chi connectivity index (χ0) is 92.7. The summed E-state index contributed by atoms with van der Waals surface area (Å²) in [6.45, 7) is 8.60. The molecule has 4 aliphatic rings. The minimum absolute atomic E-state index is 0.00861. The van der Waals surface area contributed by atoms with E-state index in [4.69, 9.17) is 32.9 Å². The molecule has 10 N–H and O–H groups in total. The number of hydrogen-bond donors (Lipinski definition) is 10. The highest BCUT2D eigenvalue weighted by Gasteiger charge is 2.78. The summed E-state index contributed by atoms with van der Waals surface area (Å²) in [7, 11) is -4.95. The zero-order valence-corrected chi connectivity index (χ0v) is 73.1. The number of hydrogen-bond acceptors (Lipinski definition) is 23. The van der Waals surface area contributed by atoms with Crippen molar-refractivity contribution < 1.29 is 120 Å². The van der Waals surface area contributed by atoms with E-state index in [1.165, 1.54) is 95.3 Å². The molecule has 3 fully saturated rings. The number of carbonyl (C=O) groups is 13. The van der Waals surface area contributed by atoms with Crippen molar-refractivity contribution >= 4 is 95.5 Å². The van der Waals surface area contributed by atoms with E-state index in [0.29, 0.717) is 22.3 Å². The molecule has 6 amide bonds. The molecule has 15 atom stereocenters. The van der Waals surface area contributed by atoms with Gasteiger partial charge in [-0.2, -0.15) is 0 Å². The number of rotatable bonds is 37. The fourth-order valence-electron chi connectivity index (χ4n) is 17.8. The van der Waals surface area contributed by atoms with Crippen molar-refractivity contribution in [2.24, 2.45) is 16.7 Å². The van der Waals surface area contributed by atoms with Gasteiger partial charge in [0.2, 0.25) is 35.6 Å². The van der Waals surface area contributed by atoms with Crippen LogP contribution in [0.25, 0.3) is 10.8 Å². The number of carbonyl (C=O) groups excluding carboxylic acids is 13. The van der Waals surface area contributed by atoms with E-state index in [-0.39, 0.29) is 91.5 Å². The van der Waals surface area contributed by atoms with Crippen LogP contribution in [0.3, 0.4) is 0 Å². The van der Waals surface area contributed by atoms with Gasteiger partial charge < -0.3 is 75.1 Å². The Hall–Kier alpha value is -12.9. The molecule has 1 aliphatic heterocycles. The predicted octanol–water partition coefficient (Wildman–Crippen LogP) is 8.48. The van der Waals surface area contributed by atoms with Crippen molar-refractivity contribution in [3.05, 3.63) is 268 Å². The van der Waals surface area contributed by atoms with Crippen LogP contribution < -0.4 is 36.4 Å². The van der Waals surface area contributed by atoms with Crippen LogP contribution in [0.4, 0.5) is 0 Å². The lowest BCUT2D eigenvalue weighted by Gasteiger charge is -2.67. The van der Waals surface area contributed by atoms with Gasteiger partial charge >= 0.3 is 37.7 Å². The lowest BCUT2D eigenvalue weighted by atomic mass is 9.44. The summed E-state index contributed by atoms with van der Waals surface area (Å²) in [5.41, 5.74) is -6.09. The SMILES string of the molecule is CC(=O)O[C@@H]1C(=O)[C@@]2(C)[C@H](O)C[C@@H]3OC[C@]3(OC(C)=O)[C@@H]2[C@@H](OC(=O)c2ccccc2)[C@@]2(O)C[C@@H](OC(=O)[C@@H](OC(=O)CCC(=O)NCCCC[C@H](NC(=O)[C@H](Cc3ccccc3)NC(=O)[C@H](Cc3ccccc3)NC(=O)Cc3ccc4ccccc4c3)C(=O)N[C@@H](Cc3ccc(OP(=O)(O)O)cc3)C(C)=O)[C@H](NC(=O)c3ccccc3)c3ccccc3)C(C)=C1C2(C)C. The minimum atomic E-state index is -4.95. The lowest BCUT2D eigenvalue weighted by Crippen LogP contribution is -2.82. The summed E-state index contributed by atoms with van der Waals surface area (Å²) in [4.78, 5) is 208.